The number of carbonyl (C=O) groups excluding carboxylic acids is 1. The summed E-state index contributed by atoms with van der Waals surface area (Å²) in [6.45, 7) is 29.8. The number of para-hydroxylation sites is 1. The maximum Gasteiger partial charge on any atom is 0.263 e. The van der Waals surface area contributed by atoms with Crippen LogP contribution in [0, 0.1) is 24.7 Å². The van der Waals surface area contributed by atoms with Crippen LogP contribution in [0.2, 0.25) is 0 Å². The van der Waals surface area contributed by atoms with Crippen LogP contribution in [-0.2, 0) is 6.42 Å². The summed E-state index contributed by atoms with van der Waals surface area (Å²) in [7, 11) is 0. The van der Waals surface area contributed by atoms with E-state index in [4.69, 9.17) is 0 Å². The minimum atomic E-state index is -0.00428. The van der Waals surface area contributed by atoms with E-state index < -0.39 is 0 Å². The molecule has 0 radical (unpaired) electrons. The Kier molecular flexibility index (Phi) is 13.0. The van der Waals surface area contributed by atoms with E-state index in [-0.39, 0.29) is 17.3 Å². The number of Topliss-reactive ketones (excluding diaryl/α,β-unsaturated/α-hetero) is 1. The molecule has 7 aromatic carbocycles. The van der Waals surface area contributed by atoms with Crippen molar-refractivity contribution in [2.45, 2.75) is 102 Å². The van der Waals surface area contributed by atoms with Crippen LogP contribution in [0.25, 0.3) is 71.2 Å². The quantitative estimate of drug-likeness (QED) is 0.0831. The molecule has 2 unspecified atom stereocenters. The fourth-order valence-electron chi connectivity index (χ4n) is 8.85. The van der Waals surface area contributed by atoms with Crippen LogP contribution in [0.3, 0.4) is 0 Å². The average Bonchev–Trinajstić information content (AvgIpc) is 3.24. The van der Waals surface area contributed by atoms with Gasteiger partial charge in [0.05, 0.1) is 11.0 Å². The summed E-state index contributed by atoms with van der Waals surface area (Å²) in [5, 5.41) is 11.2. The van der Waals surface area contributed by atoms with Gasteiger partial charge in [-0.25, -0.2) is 0 Å². The zero-order chi connectivity index (χ0) is 42.9. The molecule has 3 nitrogen and oxygen atoms in total. The van der Waals surface area contributed by atoms with Gasteiger partial charge in [-0.3, -0.25) is 14.2 Å². The van der Waals surface area contributed by atoms with E-state index in [9.17, 15) is 9.59 Å². The maximum atomic E-state index is 14.5. The van der Waals surface area contributed by atoms with Crippen molar-refractivity contribution in [1.29, 1.82) is 0 Å². The molecule has 2 atom stereocenters. The minimum absolute atomic E-state index is 0.00428. The lowest BCUT2D eigenvalue weighted by molar-refractivity contribution is 0.101. The number of hydrogen-bond donors (Lipinski definition) is 0. The Morgan fingerprint density at radius 1 is 0.678 bits per heavy atom. The molecule has 8 rings (SSSR count). The van der Waals surface area contributed by atoms with Crippen molar-refractivity contribution in [2.75, 3.05) is 0 Å². The van der Waals surface area contributed by atoms with Gasteiger partial charge in [0.25, 0.3) is 5.56 Å². The second kappa shape index (κ2) is 17.8. The molecule has 0 aliphatic heterocycles. The number of ketones is 1. The monoisotopic (exact) mass is 781 g/mol. The molecule has 0 fully saturated rings. The predicted molar refractivity (Wildman–Crippen MR) is 259 cm³/mol. The summed E-state index contributed by atoms with van der Waals surface area (Å²) < 4.78 is 1.93. The highest BCUT2D eigenvalue weighted by atomic mass is 16.1. The molecule has 1 aromatic heterocycles. The number of benzene rings is 7. The molecule has 1 heterocycles. The molecule has 0 bridgehead atoms. The summed E-state index contributed by atoms with van der Waals surface area (Å²) in [5.41, 5.74) is 7.90. The summed E-state index contributed by atoms with van der Waals surface area (Å²) >= 11 is 0. The first-order valence-corrected chi connectivity index (χ1v) is 21.8. The summed E-state index contributed by atoms with van der Waals surface area (Å²) in [6.07, 6.45) is 4.32. The molecule has 304 valence electrons. The minimum Gasteiger partial charge on any atom is -0.294 e. The predicted octanol–water partition coefficient (Wildman–Crippen LogP) is 14.8. The average molecular weight is 782 g/mol. The van der Waals surface area contributed by atoms with Crippen LogP contribution in [0.4, 0.5) is 0 Å². The third-order valence-corrected chi connectivity index (χ3v) is 12.9. The van der Waals surface area contributed by atoms with Gasteiger partial charge in [0.1, 0.15) is 0 Å². The lowest BCUT2D eigenvalue weighted by atomic mass is 9.84. The maximum absolute atomic E-state index is 14.5. The third-order valence-electron chi connectivity index (χ3n) is 12.9. The Morgan fingerprint density at radius 3 is 1.78 bits per heavy atom. The van der Waals surface area contributed by atoms with Gasteiger partial charge in [0.15, 0.2) is 5.78 Å². The van der Waals surface area contributed by atoms with E-state index in [0.717, 1.165) is 82.5 Å². The fourth-order valence-corrected chi connectivity index (χ4v) is 8.85. The van der Waals surface area contributed by atoms with Crippen LogP contribution in [-0.4, -0.2) is 10.4 Å². The normalized spacial score (nSPS) is 13.2. The molecule has 8 aromatic rings. The second-order valence-corrected chi connectivity index (χ2v) is 17.0. The van der Waals surface area contributed by atoms with Crippen LogP contribution in [0.1, 0.15) is 121 Å². The van der Waals surface area contributed by atoms with Gasteiger partial charge in [0, 0.05) is 27.1 Å². The van der Waals surface area contributed by atoms with Gasteiger partial charge in [-0.1, -0.05) is 166 Å². The fraction of sp³-hybridized carbons (Fsp3) is 0.321. The summed E-state index contributed by atoms with van der Waals surface area (Å²) in [4.78, 5) is 27.2. The second-order valence-electron chi connectivity index (χ2n) is 17.0. The van der Waals surface area contributed by atoms with Crippen molar-refractivity contribution in [2.24, 2.45) is 17.8 Å². The van der Waals surface area contributed by atoms with E-state index in [1.54, 1.807) is 18.1 Å². The lowest BCUT2D eigenvalue weighted by Gasteiger charge is -2.21. The molecular formula is C56H63NO2. The van der Waals surface area contributed by atoms with E-state index in [0.29, 0.717) is 16.9 Å². The number of hydrogen-bond acceptors (Lipinski definition) is 2. The number of pyridine rings is 1. The summed E-state index contributed by atoms with van der Waals surface area (Å²) in [5.74, 6) is 2.47. The Morgan fingerprint density at radius 2 is 1.20 bits per heavy atom. The Labute approximate surface area is 351 Å². The number of aryl methyl sites for hydroxylation is 1. The molecule has 0 spiro atoms. The SMILES string of the molecule is C=Cc1ccc2c3ccc4c(=C(C)C(C)C)n(-c5ccccc5C)c(=O)c5ccc(c6ccc(C(C)=O)c1c62)c3c54.CC.CCC(C)Cc1ccccc1C(C)C(C)C. The van der Waals surface area contributed by atoms with Crippen LogP contribution in [0.15, 0.2) is 108 Å². The number of carbonyl (C=O) groups is 1. The molecule has 59 heavy (non-hydrogen) atoms. The number of nitrogens with zero attached hydrogens (tertiary/aromatic N) is 1. The van der Waals surface area contributed by atoms with Crippen molar-refractivity contribution in [1.82, 2.24) is 4.57 Å². The Hall–Kier alpha value is -5.54. The first-order chi connectivity index (χ1) is 28.3. The largest absolute Gasteiger partial charge is 0.294 e. The molecular weight excluding hydrogens is 719 g/mol. The van der Waals surface area contributed by atoms with Crippen molar-refractivity contribution in [3.8, 4) is 5.69 Å². The van der Waals surface area contributed by atoms with Crippen molar-refractivity contribution in [3.05, 3.63) is 147 Å². The first kappa shape index (κ1) is 43.0. The van der Waals surface area contributed by atoms with E-state index in [2.05, 4.69) is 136 Å². The van der Waals surface area contributed by atoms with E-state index in [1.807, 2.05) is 54.8 Å². The first-order valence-electron chi connectivity index (χ1n) is 21.8. The molecule has 3 heteroatoms. The standard InChI is InChI=1S/C38H31NO2.C16H26.C2H6/c1-7-24-12-13-26-28-16-18-30-36-31(19-17-29(35(28)36)27-15-14-25(23(6)40)33(24)34(26)27)38(41)39(37(30)22(5)20(2)3)32-11-9-8-10-21(32)4;1-6-13(4)11-15-9-7-8-10-16(15)14(5)12(2)3;1-2/h7-20H,1H2,2-6H3;7-10,12-14H,6,11H2,1-5H3;1-2H3. The van der Waals surface area contributed by atoms with Gasteiger partial charge >= 0.3 is 0 Å². The smallest absolute Gasteiger partial charge is 0.263 e. The number of rotatable bonds is 9. The molecule has 0 N–H and O–H groups in total. The zero-order valence-corrected chi connectivity index (χ0v) is 37.5. The number of aromatic nitrogens is 1. The van der Waals surface area contributed by atoms with Gasteiger partial charge in [0.2, 0.25) is 0 Å². The molecule has 0 aliphatic rings. The lowest BCUT2D eigenvalue weighted by Crippen LogP contribution is -2.35. The van der Waals surface area contributed by atoms with Crippen LogP contribution >= 0.6 is 0 Å². The van der Waals surface area contributed by atoms with Crippen molar-refractivity contribution >= 4 is 71.3 Å². The highest BCUT2D eigenvalue weighted by molar-refractivity contribution is 6.38. The highest BCUT2D eigenvalue weighted by Gasteiger charge is 2.23. The van der Waals surface area contributed by atoms with Crippen LogP contribution in [0.5, 0.6) is 0 Å². The van der Waals surface area contributed by atoms with E-state index >= 15 is 0 Å². The van der Waals surface area contributed by atoms with Gasteiger partial charge < -0.3 is 0 Å². The summed E-state index contributed by atoms with van der Waals surface area (Å²) in [6, 6.07) is 33.8. The third kappa shape index (κ3) is 7.61. The van der Waals surface area contributed by atoms with Crippen LogP contribution < -0.4 is 10.9 Å². The topological polar surface area (TPSA) is 39.1 Å². The van der Waals surface area contributed by atoms with Gasteiger partial charge in [-0.15, -0.1) is 0 Å². The Balaban J connectivity index is 0.000000274. The van der Waals surface area contributed by atoms with Gasteiger partial charge in [-0.05, 0) is 123 Å². The zero-order valence-electron chi connectivity index (χ0n) is 37.5. The Bertz CT molecular complexity index is 2920. The number of fused-ring (bicyclic) bond motifs is 2. The molecule has 0 saturated heterocycles. The highest BCUT2D eigenvalue weighted by Crippen LogP contribution is 2.44. The van der Waals surface area contributed by atoms with Gasteiger partial charge in [-0.2, -0.15) is 0 Å². The molecule has 0 aliphatic carbocycles. The molecule has 0 saturated carbocycles. The van der Waals surface area contributed by atoms with Crippen molar-refractivity contribution < 1.29 is 4.79 Å². The molecule has 0 amide bonds. The van der Waals surface area contributed by atoms with E-state index in [1.165, 1.54) is 18.4 Å². The van der Waals surface area contributed by atoms with Crippen molar-refractivity contribution in [3.63, 3.8) is 0 Å².